The third-order valence-electron chi connectivity index (χ3n) is 3.52. The molecule has 1 rings (SSSR count). The van der Waals surface area contributed by atoms with E-state index < -0.39 is 12.7 Å². The molecule has 1 aliphatic carbocycles. The summed E-state index contributed by atoms with van der Waals surface area (Å²) in [5, 5.41) is 3.43. The van der Waals surface area contributed by atoms with Crippen LogP contribution in [-0.4, -0.2) is 42.8 Å². The number of rotatable bonds is 7. The lowest BCUT2D eigenvalue weighted by Crippen LogP contribution is -2.40. The largest absolute Gasteiger partial charge is 0.401 e. The van der Waals surface area contributed by atoms with Crippen LogP contribution < -0.4 is 5.32 Å². The van der Waals surface area contributed by atoms with Gasteiger partial charge in [-0.25, -0.2) is 0 Å². The van der Waals surface area contributed by atoms with E-state index in [4.69, 9.17) is 0 Å². The maximum absolute atomic E-state index is 12.4. The predicted molar refractivity (Wildman–Crippen MR) is 67.6 cm³/mol. The van der Waals surface area contributed by atoms with Gasteiger partial charge in [-0.1, -0.05) is 12.8 Å². The van der Waals surface area contributed by atoms with Crippen LogP contribution in [0.3, 0.4) is 0 Å². The van der Waals surface area contributed by atoms with Gasteiger partial charge in [0.2, 0.25) is 0 Å². The van der Waals surface area contributed by atoms with E-state index in [1.807, 2.05) is 13.8 Å². The van der Waals surface area contributed by atoms with Crippen LogP contribution in [0.1, 0.15) is 46.0 Å². The SMILES string of the molecule is CC(C)N(CCCNC1CCCC1)CC(F)(F)F. The molecule has 0 aliphatic heterocycles. The van der Waals surface area contributed by atoms with Crippen LogP contribution in [0, 0.1) is 0 Å². The van der Waals surface area contributed by atoms with Crippen molar-refractivity contribution in [1.82, 2.24) is 10.2 Å². The second-order valence-electron chi connectivity index (χ2n) is 5.47. The highest BCUT2D eigenvalue weighted by atomic mass is 19.4. The molecule has 0 unspecified atom stereocenters. The van der Waals surface area contributed by atoms with Crippen molar-refractivity contribution >= 4 is 0 Å². The first-order valence-corrected chi connectivity index (χ1v) is 6.92. The monoisotopic (exact) mass is 266 g/mol. The molecular weight excluding hydrogens is 241 g/mol. The normalized spacial score (nSPS) is 18.2. The molecule has 1 N–H and O–H groups in total. The van der Waals surface area contributed by atoms with Gasteiger partial charge in [0.05, 0.1) is 6.54 Å². The van der Waals surface area contributed by atoms with Crippen LogP contribution in [0.25, 0.3) is 0 Å². The van der Waals surface area contributed by atoms with Crippen LogP contribution in [0.2, 0.25) is 0 Å². The molecule has 1 fully saturated rings. The smallest absolute Gasteiger partial charge is 0.314 e. The molecule has 0 aromatic rings. The minimum Gasteiger partial charge on any atom is -0.314 e. The summed E-state index contributed by atoms with van der Waals surface area (Å²) < 4.78 is 37.1. The van der Waals surface area contributed by atoms with E-state index in [9.17, 15) is 13.2 Å². The predicted octanol–water partition coefficient (Wildman–Crippen LogP) is 3.18. The topological polar surface area (TPSA) is 15.3 Å². The second kappa shape index (κ2) is 7.34. The maximum Gasteiger partial charge on any atom is 0.401 e. The first-order valence-electron chi connectivity index (χ1n) is 6.92. The quantitative estimate of drug-likeness (QED) is 0.712. The Morgan fingerprint density at radius 3 is 2.33 bits per heavy atom. The molecule has 2 nitrogen and oxygen atoms in total. The van der Waals surface area contributed by atoms with E-state index in [0.717, 1.165) is 13.0 Å². The molecule has 108 valence electrons. The fourth-order valence-electron chi connectivity index (χ4n) is 2.47. The van der Waals surface area contributed by atoms with Crippen LogP contribution in [0.5, 0.6) is 0 Å². The Kier molecular flexibility index (Phi) is 6.43. The summed E-state index contributed by atoms with van der Waals surface area (Å²) in [6, 6.07) is 0.540. The summed E-state index contributed by atoms with van der Waals surface area (Å²) in [6.07, 6.45) is 1.69. The molecular formula is C13H25F3N2. The van der Waals surface area contributed by atoms with Crippen molar-refractivity contribution in [2.45, 2.75) is 64.2 Å². The molecule has 0 spiro atoms. The van der Waals surface area contributed by atoms with Gasteiger partial charge in [-0.2, -0.15) is 13.2 Å². The number of nitrogens with one attached hydrogen (secondary N) is 1. The van der Waals surface area contributed by atoms with Gasteiger partial charge in [-0.05, 0) is 46.2 Å². The van der Waals surface area contributed by atoms with E-state index in [0.29, 0.717) is 12.6 Å². The summed E-state index contributed by atoms with van der Waals surface area (Å²) in [5.74, 6) is 0. The molecule has 1 aliphatic rings. The Morgan fingerprint density at radius 2 is 1.83 bits per heavy atom. The fraction of sp³-hybridized carbons (Fsp3) is 1.00. The summed E-state index contributed by atoms with van der Waals surface area (Å²) >= 11 is 0. The lowest BCUT2D eigenvalue weighted by Gasteiger charge is -2.27. The van der Waals surface area contributed by atoms with Gasteiger partial charge in [0, 0.05) is 12.1 Å². The molecule has 1 saturated carbocycles. The number of nitrogens with zero attached hydrogens (tertiary/aromatic N) is 1. The van der Waals surface area contributed by atoms with Gasteiger partial charge in [0.25, 0.3) is 0 Å². The van der Waals surface area contributed by atoms with Crippen LogP contribution in [0.15, 0.2) is 0 Å². The van der Waals surface area contributed by atoms with E-state index in [1.54, 1.807) is 0 Å². The number of hydrogen-bond acceptors (Lipinski definition) is 2. The van der Waals surface area contributed by atoms with E-state index in [2.05, 4.69) is 5.32 Å². The number of halogens is 3. The highest BCUT2D eigenvalue weighted by Crippen LogP contribution is 2.19. The van der Waals surface area contributed by atoms with Gasteiger partial charge >= 0.3 is 6.18 Å². The Morgan fingerprint density at radius 1 is 1.22 bits per heavy atom. The van der Waals surface area contributed by atoms with Crippen LogP contribution in [0.4, 0.5) is 13.2 Å². The fourth-order valence-corrected chi connectivity index (χ4v) is 2.47. The van der Waals surface area contributed by atoms with Crippen LogP contribution >= 0.6 is 0 Å². The zero-order chi connectivity index (χ0) is 13.6. The highest BCUT2D eigenvalue weighted by molar-refractivity contribution is 4.74. The molecule has 5 heteroatoms. The van der Waals surface area contributed by atoms with Crippen molar-refractivity contribution in [2.75, 3.05) is 19.6 Å². The van der Waals surface area contributed by atoms with Gasteiger partial charge in [-0.3, -0.25) is 4.90 Å². The van der Waals surface area contributed by atoms with Gasteiger partial charge in [0.1, 0.15) is 0 Å². The lowest BCUT2D eigenvalue weighted by molar-refractivity contribution is -0.149. The third-order valence-corrected chi connectivity index (χ3v) is 3.52. The molecule has 0 atom stereocenters. The van der Waals surface area contributed by atoms with Crippen molar-refractivity contribution in [3.05, 3.63) is 0 Å². The Labute approximate surface area is 108 Å². The summed E-state index contributed by atoms with van der Waals surface area (Å²) in [6.45, 7) is 4.17. The second-order valence-corrected chi connectivity index (χ2v) is 5.47. The lowest BCUT2D eigenvalue weighted by atomic mass is 10.2. The maximum atomic E-state index is 12.4. The van der Waals surface area contributed by atoms with Crippen LogP contribution in [-0.2, 0) is 0 Å². The summed E-state index contributed by atoms with van der Waals surface area (Å²) in [7, 11) is 0. The van der Waals surface area contributed by atoms with E-state index in [-0.39, 0.29) is 6.04 Å². The van der Waals surface area contributed by atoms with Crippen molar-refractivity contribution in [2.24, 2.45) is 0 Å². The number of hydrogen-bond donors (Lipinski definition) is 1. The average Bonchev–Trinajstić information content (AvgIpc) is 2.73. The molecule has 0 aromatic heterocycles. The summed E-state index contributed by atoms with van der Waals surface area (Å²) in [4.78, 5) is 1.50. The Hall–Kier alpha value is -0.290. The van der Waals surface area contributed by atoms with Gasteiger partial charge in [0.15, 0.2) is 0 Å². The van der Waals surface area contributed by atoms with Gasteiger partial charge in [-0.15, -0.1) is 0 Å². The van der Waals surface area contributed by atoms with Crippen molar-refractivity contribution in [3.63, 3.8) is 0 Å². The third kappa shape index (κ3) is 6.59. The molecule has 0 saturated heterocycles. The van der Waals surface area contributed by atoms with Crippen molar-refractivity contribution < 1.29 is 13.2 Å². The Bertz CT molecular complexity index is 223. The average molecular weight is 266 g/mol. The minimum atomic E-state index is -4.09. The highest BCUT2D eigenvalue weighted by Gasteiger charge is 2.31. The van der Waals surface area contributed by atoms with Gasteiger partial charge < -0.3 is 5.32 Å². The molecule has 0 radical (unpaired) electrons. The zero-order valence-corrected chi connectivity index (χ0v) is 11.4. The Balaban J connectivity index is 2.16. The summed E-state index contributed by atoms with van der Waals surface area (Å²) in [5.41, 5.74) is 0. The van der Waals surface area contributed by atoms with E-state index >= 15 is 0 Å². The standard InChI is InChI=1S/C13H25F3N2/c1-11(2)18(10-13(14,15)16)9-5-8-17-12-6-3-4-7-12/h11-12,17H,3-10H2,1-2H3. The molecule has 0 aromatic carbocycles. The molecule has 0 bridgehead atoms. The molecule has 0 heterocycles. The van der Waals surface area contributed by atoms with E-state index in [1.165, 1.54) is 30.6 Å². The number of alkyl halides is 3. The molecule has 0 amide bonds. The minimum absolute atomic E-state index is 0.0573. The zero-order valence-electron chi connectivity index (χ0n) is 11.4. The first-order chi connectivity index (χ1) is 8.38. The van der Waals surface area contributed by atoms with Crippen molar-refractivity contribution in [1.29, 1.82) is 0 Å². The molecule has 18 heavy (non-hydrogen) atoms. The first kappa shape index (κ1) is 15.8. The van der Waals surface area contributed by atoms with Crippen molar-refractivity contribution in [3.8, 4) is 0 Å².